The van der Waals surface area contributed by atoms with Gasteiger partial charge in [0, 0.05) is 16.9 Å². The first kappa shape index (κ1) is 34.2. The molecule has 0 fully saturated rings. The van der Waals surface area contributed by atoms with Crippen molar-refractivity contribution < 1.29 is 4.74 Å². The Morgan fingerprint density at radius 2 is 1.02 bits per heavy atom. The lowest BCUT2D eigenvalue weighted by Crippen LogP contribution is -2.60. The van der Waals surface area contributed by atoms with Gasteiger partial charge in [0.1, 0.15) is 11.5 Å². The summed E-state index contributed by atoms with van der Waals surface area (Å²) in [5.41, 5.74) is 16.5. The first-order valence-corrected chi connectivity index (χ1v) is 18.4. The lowest BCUT2D eigenvalue weighted by Gasteiger charge is -2.42. The molecule has 2 heterocycles. The van der Waals surface area contributed by atoms with Crippen molar-refractivity contribution in [2.24, 2.45) is 0 Å². The molecule has 0 spiro atoms. The number of hydrogen-bond acceptors (Lipinski definition) is 2. The van der Waals surface area contributed by atoms with Crippen LogP contribution in [-0.2, 0) is 21.7 Å². The fourth-order valence-electron chi connectivity index (χ4n) is 7.66. The van der Waals surface area contributed by atoms with Crippen molar-refractivity contribution in [1.29, 1.82) is 0 Å². The molecule has 0 saturated heterocycles. The molecule has 0 unspecified atom stereocenters. The van der Waals surface area contributed by atoms with Gasteiger partial charge in [0.15, 0.2) is 0 Å². The molecule has 0 amide bonds. The average molecular weight is 660 g/mol. The minimum atomic E-state index is 0.00438. The summed E-state index contributed by atoms with van der Waals surface area (Å²) in [5, 5.41) is 0. The smallest absolute Gasteiger partial charge is 0.256 e. The lowest BCUT2D eigenvalue weighted by atomic mass is 9.33. The second-order valence-electron chi connectivity index (χ2n) is 18.9. The van der Waals surface area contributed by atoms with Crippen molar-refractivity contribution in [1.82, 2.24) is 0 Å². The van der Waals surface area contributed by atoms with Crippen molar-refractivity contribution in [2.75, 3.05) is 4.90 Å². The number of hydrogen-bond donors (Lipinski definition) is 0. The predicted molar refractivity (Wildman–Crippen MR) is 217 cm³/mol. The van der Waals surface area contributed by atoms with Gasteiger partial charge in [-0.15, -0.1) is 0 Å². The van der Waals surface area contributed by atoms with E-state index < -0.39 is 0 Å². The van der Waals surface area contributed by atoms with Gasteiger partial charge in [-0.1, -0.05) is 138 Å². The zero-order chi connectivity index (χ0) is 36.1. The van der Waals surface area contributed by atoms with E-state index in [2.05, 4.69) is 186 Å². The van der Waals surface area contributed by atoms with Gasteiger partial charge < -0.3 is 9.64 Å². The SMILES string of the molecule is Cc1cc2c3c(c1)N(c1ccc(C(C)(C)C)cc1-c1cccc(C(C)(C)C)c1)c1ccc(C(C)(C)C)cc1B3c1cc(C(C)(C)C)ccc1O2. The Morgan fingerprint density at radius 1 is 0.480 bits per heavy atom. The maximum absolute atomic E-state index is 6.87. The largest absolute Gasteiger partial charge is 0.458 e. The van der Waals surface area contributed by atoms with Crippen molar-refractivity contribution in [2.45, 2.75) is 112 Å². The van der Waals surface area contributed by atoms with E-state index >= 15 is 0 Å². The molecular weight excluding hydrogens is 605 g/mol. The molecule has 0 atom stereocenters. The Morgan fingerprint density at radius 3 is 1.64 bits per heavy atom. The molecule has 3 heteroatoms. The normalized spacial score (nSPS) is 14.2. The van der Waals surface area contributed by atoms with Gasteiger partial charge in [-0.2, -0.15) is 0 Å². The molecule has 5 aromatic carbocycles. The number of fused-ring (bicyclic) bond motifs is 4. The van der Waals surface area contributed by atoms with Crippen LogP contribution in [0.2, 0.25) is 0 Å². The molecule has 0 radical (unpaired) electrons. The minimum Gasteiger partial charge on any atom is -0.458 e. The minimum absolute atomic E-state index is 0.00438. The molecule has 0 saturated carbocycles. The van der Waals surface area contributed by atoms with E-state index in [-0.39, 0.29) is 28.4 Å². The topological polar surface area (TPSA) is 12.5 Å². The summed E-state index contributed by atoms with van der Waals surface area (Å²) in [5.74, 6) is 1.92. The quantitative estimate of drug-likeness (QED) is 0.171. The molecule has 50 heavy (non-hydrogen) atoms. The number of ether oxygens (including phenoxy) is 1. The molecular formula is C47H54BNO. The van der Waals surface area contributed by atoms with Gasteiger partial charge in [0.05, 0.1) is 5.69 Å². The summed E-state index contributed by atoms with van der Waals surface area (Å²) in [6.45, 7) is 29.9. The Kier molecular flexibility index (Phi) is 7.80. The highest BCUT2D eigenvalue weighted by Gasteiger charge is 2.43. The molecule has 7 rings (SSSR count). The maximum Gasteiger partial charge on any atom is 0.256 e. The van der Waals surface area contributed by atoms with Crippen LogP contribution in [0.15, 0.2) is 91.0 Å². The first-order valence-electron chi connectivity index (χ1n) is 18.4. The van der Waals surface area contributed by atoms with E-state index in [1.165, 1.54) is 72.4 Å². The Hall–Kier alpha value is -4.24. The van der Waals surface area contributed by atoms with E-state index in [0.717, 1.165) is 11.5 Å². The van der Waals surface area contributed by atoms with Crippen LogP contribution < -0.4 is 26.0 Å². The van der Waals surface area contributed by atoms with Gasteiger partial charge >= 0.3 is 0 Å². The molecule has 2 aliphatic heterocycles. The zero-order valence-electron chi connectivity index (χ0n) is 32.6. The van der Waals surface area contributed by atoms with E-state index in [1.807, 2.05) is 0 Å². The third-order valence-electron chi connectivity index (χ3n) is 10.8. The molecule has 2 nitrogen and oxygen atoms in total. The summed E-state index contributed by atoms with van der Waals surface area (Å²) in [6, 6.07) is 35.0. The highest BCUT2D eigenvalue weighted by atomic mass is 16.5. The monoisotopic (exact) mass is 659 g/mol. The molecule has 5 aromatic rings. The van der Waals surface area contributed by atoms with Gasteiger partial charge in [-0.3, -0.25) is 0 Å². The van der Waals surface area contributed by atoms with Gasteiger partial charge in [-0.25, -0.2) is 0 Å². The Bertz CT molecular complexity index is 2140. The zero-order valence-corrected chi connectivity index (χ0v) is 32.6. The van der Waals surface area contributed by atoms with Crippen molar-refractivity contribution in [3.8, 4) is 22.6 Å². The van der Waals surface area contributed by atoms with Crippen LogP contribution in [0.4, 0.5) is 17.1 Å². The lowest BCUT2D eigenvalue weighted by molar-refractivity contribution is 0.486. The van der Waals surface area contributed by atoms with E-state index in [0.29, 0.717) is 0 Å². The number of aryl methyl sites for hydroxylation is 1. The highest BCUT2D eigenvalue weighted by Crippen LogP contribution is 2.47. The van der Waals surface area contributed by atoms with E-state index in [4.69, 9.17) is 4.74 Å². The van der Waals surface area contributed by atoms with Crippen LogP contribution in [0.25, 0.3) is 11.1 Å². The summed E-state index contributed by atoms with van der Waals surface area (Å²) in [4.78, 5) is 2.54. The molecule has 256 valence electrons. The highest BCUT2D eigenvalue weighted by molar-refractivity contribution is 6.99. The van der Waals surface area contributed by atoms with E-state index in [9.17, 15) is 0 Å². The van der Waals surface area contributed by atoms with E-state index in [1.54, 1.807) is 0 Å². The van der Waals surface area contributed by atoms with Crippen molar-refractivity contribution in [3.63, 3.8) is 0 Å². The fraction of sp³-hybridized carbons (Fsp3) is 0.362. The van der Waals surface area contributed by atoms with Crippen LogP contribution in [0, 0.1) is 6.92 Å². The first-order chi connectivity index (χ1) is 23.2. The number of benzene rings is 5. The second-order valence-corrected chi connectivity index (χ2v) is 18.9. The number of anilines is 3. The molecule has 0 N–H and O–H groups in total. The van der Waals surface area contributed by atoms with Crippen LogP contribution in [-0.4, -0.2) is 6.71 Å². The second kappa shape index (κ2) is 11.4. The maximum atomic E-state index is 6.87. The number of rotatable bonds is 2. The average Bonchev–Trinajstić information content (AvgIpc) is 3.02. The molecule has 0 bridgehead atoms. The number of nitrogens with zero attached hydrogens (tertiary/aromatic N) is 1. The van der Waals surface area contributed by atoms with Crippen LogP contribution in [0.5, 0.6) is 11.5 Å². The molecule has 0 aromatic heterocycles. The summed E-state index contributed by atoms with van der Waals surface area (Å²) in [6.07, 6.45) is 0. The summed E-state index contributed by atoms with van der Waals surface area (Å²) in [7, 11) is 0. The van der Waals surface area contributed by atoms with Gasteiger partial charge in [0.25, 0.3) is 6.71 Å². The third kappa shape index (κ3) is 5.87. The predicted octanol–water partition coefficient (Wildman–Crippen LogP) is 11.3. The van der Waals surface area contributed by atoms with Gasteiger partial charge in [-0.05, 0) is 115 Å². The Balaban J connectivity index is 1.57. The van der Waals surface area contributed by atoms with Gasteiger partial charge in [0.2, 0.25) is 0 Å². The standard InChI is InChI=1S/C47H54BNO/c1-29-23-40-43-42(24-29)50-41-22-19-34(47(11,12)13)28-37(41)48(43)36-27-33(46(8,9)10)18-21-39(36)49(40)38-20-17-32(45(5,6)7)26-35(38)30-15-14-16-31(25-30)44(2,3)4/h14-28H,1-13H3. The molecule has 0 aliphatic carbocycles. The van der Waals surface area contributed by atoms with Crippen LogP contribution >= 0.6 is 0 Å². The fourth-order valence-corrected chi connectivity index (χ4v) is 7.66. The summed E-state index contributed by atoms with van der Waals surface area (Å²) < 4.78 is 6.87. The third-order valence-corrected chi connectivity index (χ3v) is 10.8. The van der Waals surface area contributed by atoms with Crippen LogP contribution in [0.3, 0.4) is 0 Å². The molecule has 2 aliphatic rings. The van der Waals surface area contributed by atoms with Crippen LogP contribution in [0.1, 0.15) is 111 Å². The van der Waals surface area contributed by atoms with Crippen molar-refractivity contribution in [3.05, 3.63) is 119 Å². The summed E-state index contributed by atoms with van der Waals surface area (Å²) >= 11 is 0. The van der Waals surface area contributed by atoms with Crippen molar-refractivity contribution >= 4 is 40.2 Å². The Labute approximate surface area is 302 Å².